The molecule has 1 N–H and O–H groups in total. The van der Waals surface area contributed by atoms with Gasteiger partial charge < -0.3 is 15.0 Å². The highest BCUT2D eigenvalue weighted by Crippen LogP contribution is 2.42. The first-order valence-electron chi connectivity index (χ1n) is 8.95. The lowest BCUT2D eigenvalue weighted by Crippen LogP contribution is -2.35. The summed E-state index contributed by atoms with van der Waals surface area (Å²) in [5, 5.41) is 3.55. The second-order valence-electron chi connectivity index (χ2n) is 6.80. The van der Waals surface area contributed by atoms with Crippen LogP contribution < -0.4 is 15.0 Å². The van der Waals surface area contributed by atoms with Crippen molar-refractivity contribution >= 4 is 38.5 Å². The molecule has 144 valence electrons. The highest BCUT2D eigenvalue weighted by atomic mass is 32.2. The van der Waals surface area contributed by atoms with Crippen molar-refractivity contribution in [3.63, 3.8) is 0 Å². The molecule has 28 heavy (non-hydrogen) atoms. The maximum atomic E-state index is 12.8. The molecule has 0 radical (unpaired) electrons. The highest BCUT2D eigenvalue weighted by molar-refractivity contribution is 8.15. The molecule has 0 unspecified atom stereocenters. The molecule has 3 aliphatic rings. The monoisotopic (exact) mass is 415 g/mol. The maximum absolute atomic E-state index is 12.8. The van der Waals surface area contributed by atoms with Crippen LogP contribution in [0.5, 0.6) is 5.75 Å². The van der Waals surface area contributed by atoms with E-state index < -0.39 is 10.0 Å². The minimum Gasteiger partial charge on any atom is -0.493 e. The van der Waals surface area contributed by atoms with Crippen molar-refractivity contribution in [2.24, 2.45) is 4.40 Å². The Balaban J connectivity index is 1.39. The fraction of sp³-hybridized carbons (Fsp3) is 0.263. The van der Waals surface area contributed by atoms with Crippen molar-refractivity contribution in [3.8, 4) is 5.75 Å². The van der Waals surface area contributed by atoms with Crippen LogP contribution in [0.1, 0.15) is 28.4 Å². The van der Waals surface area contributed by atoms with Crippen LogP contribution in [-0.4, -0.2) is 38.4 Å². The van der Waals surface area contributed by atoms with Crippen LogP contribution in [0.15, 0.2) is 51.8 Å². The first-order chi connectivity index (χ1) is 13.5. The number of amides is 1. The number of amidine groups is 1. The average Bonchev–Trinajstić information content (AvgIpc) is 3.03. The van der Waals surface area contributed by atoms with E-state index in [4.69, 9.17) is 4.74 Å². The van der Waals surface area contributed by atoms with E-state index in [1.54, 1.807) is 12.1 Å². The van der Waals surface area contributed by atoms with Gasteiger partial charge in [-0.25, -0.2) is 8.42 Å². The largest absolute Gasteiger partial charge is 0.493 e. The Bertz CT molecular complexity index is 1110. The van der Waals surface area contributed by atoms with E-state index in [0.29, 0.717) is 30.3 Å². The number of anilines is 1. The van der Waals surface area contributed by atoms with E-state index in [1.807, 2.05) is 35.2 Å². The number of fused-ring (bicyclic) bond motifs is 4. The summed E-state index contributed by atoms with van der Waals surface area (Å²) >= 11 is 1.29. The Morgan fingerprint density at radius 3 is 3.00 bits per heavy atom. The van der Waals surface area contributed by atoms with Crippen molar-refractivity contribution < 1.29 is 17.9 Å². The van der Waals surface area contributed by atoms with Crippen LogP contribution in [0.25, 0.3) is 0 Å². The third kappa shape index (κ3) is 3.04. The van der Waals surface area contributed by atoms with Gasteiger partial charge in [-0.2, -0.15) is 0 Å². The minimum atomic E-state index is -3.39. The van der Waals surface area contributed by atoms with Gasteiger partial charge in [0.2, 0.25) is 0 Å². The van der Waals surface area contributed by atoms with E-state index in [0.717, 1.165) is 21.9 Å². The zero-order valence-corrected chi connectivity index (χ0v) is 16.4. The second kappa shape index (κ2) is 6.52. The van der Waals surface area contributed by atoms with Gasteiger partial charge in [0.25, 0.3) is 15.9 Å². The Hall–Kier alpha value is -2.52. The van der Waals surface area contributed by atoms with Crippen LogP contribution in [0.2, 0.25) is 0 Å². The Labute approximate surface area is 166 Å². The van der Waals surface area contributed by atoms with Gasteiger partial charge >= 0.3 is 0 Å². The number of thioether (sulfide) groups is 1. The third-order valence-electron chi connectivity index (χ3n) is 5.00. The molecule has 0 saturated heterocycles. The molecule has 1 atom stereocenters. The van der Waals surface area contributed by atoms with E-state index >= 15 is 0 Å². The predicted molar refractivity (Wildman–Crippen MR) is 108 cm³/mol. The minimum absolute atomic E-state index is 0.00188. The molecule has 9 heteroatoms. The van der Waals surface area contributed by atoms with Gasteiger partial charge in [0.1, 0.15) is 5.75 Å². The fourth-order valence-corrected chi connectivity index (χ4v) is 5.90. The standard InChI is InChI=1S/C19H17N3O4S2/c23-18(20-14-7-9-26-16-4-2-1-3-13(14)16)12-5-6-15-17(11-12)27-19-21-28(24,25)10-8-22(15)19/h1-6,11,14H,7-10H2,(H,20,23)/t14-/m0/s1. The van der Waals surface area contributed by atoms with E-state index in [-0.39, 0.29) is 17.7 Å². The number of hydrogen-bond acceptors (Lipinski definition) is 6. The zero-order chi connectivity index (χ0) is 19.3. The molecule has 3 aliphatic heterocycles. The smallest absolute Gasteiger partial charge is 0.257 e. The Morgan fingerprint density at radius 2 is 2.11 bits per heavy atom. The van der Waals surface area contributed by atoms with Crippen molar-refractivity contribution in [3.05, 3.63) is 53.6 Å². The fourth-order valence-electron chi connectivity index (χ4n) is 3.61. The summed E-state index contributed by atoms with van der Waals surface area (Å²) in [6.07, 6.45) is 0.713. The SMILES string of the molecule is O=C(N[C@H]1CCOc2ccccc21)c1ccc2c(c1)SC1=NS(=O)(=O)CCN12. The number of para-hydroxylation sites is 1. The zero-order valence-electron chi connectivity index (χ0n) is 14.8. The highest BCUT2D eigenvalue weighted by Gasteiger charge is 2.33. The lowest BCUT2D eigenvalue weighted by Gasteiger charge is -2.26. The molecule has 7 nitrogen and oxygen atoms in total. The Morgan fingerprint density at radius 1 is 1.25 bits per heavy atom. The van der Waals surface area contributed by atoms with Crippen LogP contribution >= 0.6 is 11.8 Å². The first-order valence-corrected chi connectivity index (χ1v) is 11.4. The van der Waals surface area contributed by atoms with E-state index in [1.165, 1.54) is 11.8 Å². The van der Waals surface area contributed by atoms with Crippen LogP contribution in [0, 0.1) is 0 Å². The van der Waals surface area contributed by atoms with Gasteiger partial charge in [-0.1, -0.05) is 18.2 Å². The van der Waals surface area contributed by atoms with Crippen LogP contribution in [0.4, 0.5) is 5.69 Å². The molecule has 0 saturated carbocycles. The molecular formula is C19H17N3O4S2. The van der Waals surface area contributed by atoms with Crippen molar-refractivity contribution in [2.45, 2.75) is 17.4 Å². The summed E-state index contributed by atoms with van der Waals surface area (Å²) in [5.41, 5.74) is 2.42. The van der Waals surface area contributed by atoms with Gasteiger partial charge in [0, 0.05) is 29.0 Å². The quantitative estimate of drug-likeness (QED) is 0.811. The summed E-state index contributed by atoms with van der Waals surface area (Å²) in [7, 11) is -3.39. The molecule has 5 rings (SSSR count). The molecule has 0 aromatic heterocycles. The number of rotatable bonds is 2. The maximum Gasteiger partial charge on any atom is 0.257 e. The van der Waals surface area contributed by atoms with Crippen LogP contribution in [-0.2, 0) is 10.0 Å². The number of hydrogen-bond donors (Lipinski definition) is 1. The second-order valence-corrected chi connectivity index (χ2v) is 9.56. The van der Waals surface area contributed by atoms with Gasteiger partial charge in [0.15, 0.2) is 5.17 Å². The van der Waals surface area contributed by atoms with Crippen molar-refractivity contribution in [1.29, 1.82) is 0 Å². The average molecular weight is 415 g/mol. The van der Waals surface area contributed by atoms with Gasteiger partial charge in [0.05, 0.1) is 24.1 Å². The summed E-state index contributed by atoms with van der Waals surface area (Å²) < 4.78 is 33.0. The number of carbonyl (C=O) groups is 1. The molecule has 0 bridgehead atoms. The number of sulfonamides is 1. The van der Waals surface area contributed by atoms with E-state index in [2.05, 4.69) is 9.71 Å². The molecule has 1 amide bonds. The van der Waals surface area contributed by atoms with E-state index in [9.17, 15) is 13.2 Å². The summed E-state index contributed by atoms with van der Waals surface area (Å²) in [6, 6.07) is 13.1. The number of nitrogens with one attached hydrogen (secondary N) is 1. The number of carbonyl (C=O) groups excluding carboxylic acids is 1. The molecular weight excluding hydrogens is 398 g/mol. The molecule has 2 aromatic rings. The number of ether oxygens (including phenoxy) is 1. The third-order valence-corrected chi connectivity index (χ3v) is 7.31. The topological polar surface area (TPSA) is 88.1 Å². The first kappa shape index (κ1) is 17.6. The summed E-state index contributed by atoms with van der Waals surface area (Å²) in [6.45, 7) is 0.941. The lowest BCUT2D eigenvalue weighted by atomic mass is 10.00. The molecule has 0 aliphatic carbocycles. The lowest BCUT2D eigenvalue weighted by molar-refractivity contribution is 0.0924. The molecule has 3 heterocycles. The Kier molecular flexibility index (Phi) is 4.09. The summed E-state index contributed by atoms with van der Waals surface area (Å²) in [5.74, 6) is 0.645. The van der Waals surface area contributed by atoms with Gasteiger partial charge in [-0.3, -0.25) is 4.79 Å². The van der Waals surface area contributed by atoms with Gasteiger partial charge in [-0.05, 0) is 36.0 Å². The number of benzene rings is 2. The van der Waals surface area contributed by atoms with Crippen LogP contribution in [0.3, 0.4) is 0 Å². The van der Waals surface area contributed by atoms with Crippen molar-refractivity contribution in [1.82, 2.24) is 5.32 Å². The normalized spacial score (nSPS) is 21.6. The predicted octanol–water partition coefficient (Wildman–Crippen LogP) is 2.55. The summed E-state index contributed by atoms with van der Waals surface area (Å²) in [4.78, 5) is 15.6. The van der Waals surface area contributed by atoms with Crippen molar-refractivity contribution in [2.75, 3.05) is 23.8 Å². The molecule has 2 aromatic carbocycles. The number of nitrogens with zero attached hydrogens (tertiary/aromatic N) is 2. The molecule has 0 spiro atoms. The van der Waals surface area contributed by atoms with Gasteiger partial charge in [-0.15, -0.1) is 4.40 Å². The molecule has 0 fully saturated rings.